The number of hydrogen-bond acceptors (Lipinski definition) is 2. The quantitative estimate of drug-likeness (QED) is 0.809. The van der Waals surface area contributed by atoms with Crippen molar-refractivity contribution < 1.29 is 17.4 Å². The number of rotatable bonds is 3. The molecule has 4 fully saturated rings. The van der Waals surface area contributed by atoms with Crippen LogP contribution >= 0.6 is 0 Å². The normalized spacial score (nSPS) is 39.8. The molecule has 4 saturated carbocycles. The minimum atomic E-state index is -3.69. The number of unbranched alkanes of at least 4 members (excludes halogenated alkanes) is 1. The van der Waals surface area contributed by atoms with Gasteiger partial charge in [-0.2, -0.15) is 8.42 Å². The van der Waals surface area contributed by atoms with E-state index in [1.807, 2.05) is 6.92 Å². The highest BCUT2D eigenvalue weighted by molar-refractivity contribution is 7.85. The predicted molar refractivity (Wildman–Crippen MR) is 73.3 cm³/mol. The molecule has 19 heavy (non-hydrogen) atoms. The molecule has 4 aliphatic rings. The van der Waals surface area contributed by atoms with Crippen LogP contribution in [0.15, 0.2) is 0 Å². The molecule has 0 unspecified atom stereocenters. The zero-order chi connectivity index (χ0) is 14.1. The Kier molecular flexibility index (Phi) is 4.56. The molecular formula is C14H25FO3S. The third kappa shape index (κ3) is 4.42. The van der Waals surface area contributed by atoms with E-state index in [0.717, 1.165) is 43.4 Å². The zero-order valence-electron chi connectivity index (χ0n) is 11.6. The van der Waals surface area contributed by atoms with Crippen LogP contribution in [-0.4, -0.2) is 24.4 Å². The first kappa shape index (κ1) is 15.2. The van der Waals surface area contributed by atoms with Crippen molar-refractivity contribution in [1.82, 2.24) is 0 Å². The van der Waals surface area contributed by atoms with E-state index in [2.05, 4.69) is 0 Å². The van der Waals surface area contributed by atoms with Crippen molar-refractivity contribution in [2.24, 2.45) is 17.8 Å². The minimum absolute atomic E-state index is 0.108. The van der Waals surface area contributed by atoms with Crippen LogP contribution in [0.2, 0.25) is 0 Å². The summed E-state index contributed by atoms with van der Waals surface area (Å²) in [6, 6.07) is 0. The summed E-state index contributed by atoms with van der Waals surface area (Å²) >= 11 is 0. The first-order valence-corrected chi connectivity index (χ1v) is 9.04. The van der Waals surface area contributed by atoms with E-state index in [1.54, 1.807) is 0 Å². The van der Waals surface area contributed by atoms with E-state index in [0.29, 0.717) is 6.42 Å². The largest absolute Gasteiger partial charge is 0.286 e. The lowest BCUT2D eigenvalue weighted by atomic mass is 9.55. The fourth-order valence-corrected chi connectivity index (χ4v) is 4.99. The lowest BCUT2D eigenvalue weighted by Crippen LogP contribution is -2.47. The standard InChI is InChI=1S/C10H15F.C4H10O3S/c11-10-4-7-1-8(5-10)3-9(2-7)6-10;1-2-3-4-8(5,6)7/h7-9H,1-6H2;2-4H2,1H3,(H,5,6,7). The Morgan fingerprint density at radius 3 is 1.74 bits per heavy atom. The summed E-state index contributed by atoms with van der Waals surface area (Å²) in [4.78, 5) is 0. The van der Waals surface area contributed by atoms with Crippen molar-refractivity contribution >= 4 is 10.1 Å². The number of hydrogen-bond donors (Lipinski definition) is 1. The molecule has 0 aromatic carbocycles. The van der Waals surface area contributed by atoms with Crippen molar-refractivity contribution in [2.45, 2.75) is 64.0 Å². The molecule has 0 amide bonds. The molecule has 0 saturated heterocycles. The van der Waals surface area contributed by atoms with Gasteiger partial charge in [-0.25, -0.2) is 4.39 Å². The molecule has 0 heterocycles. The summed E-state index contributed by atoms with van der Waals surface area (Å²) in [5.74, 6) is 2.20. The summed E-state index contributed by atoms with van der Waals surface area (Å²) in [6.45, 7) is 1.87. The summed E-state index contributed by atoms with van der Waals surface area (Å²) < 4.78 is 41.9. The predicted octanol–water partition coefficient (Wildman–Crippen LogP) is 3.60. The first-order chi connectivity index (χ1) is 8.80. The number of alkyl halides is 1. The van der Waals surface area contributed by atoms with Gasteiger partial charge in [0.1, 0.15) is 5.67 Å². The third-order valence-corrected chi connectivity index (χ3v) is 5.52. The molecule has 3 nitrogen and oxygen atoms in total. The van der Waals surface area contributed by atoms with Crippen molar-refractivity contribution in [1.29, 1.82) is 0 Å². The van der Waals surface area contributed by atoms with Gasteiger partial charge in [-0.3, -0.25) is 4.55 Å². The van der Waals surface area contributed by atoms with Crippen LogP contribution in [0, 0.1) is 17.8 Å². The van der Waals surface area contributed by atoms with E-state index in [4.69, 9.17) is 4.55 Å². The molecule has 4 rings (SSSR count). The van der Waals surface area contributed by atoms with Gasteiger partial charge in [-0.15, -0.1) is 0 Å². The van der Waals surface area contributed by atoms with Crippen LogP contribution < -0.4 is 0 Å². The van der Waals surface area contributed by atoms with E-state index in [1.165, 1.54) is 19.3 Å². The molecule has 0 aromatic rings. The fraction of sp³-hybridized carbons (Fsp3) is 1.00. The molecule has 0 spiro atoms. The molecule has 112 valence electrons. The molecule has 0 radical (unpaired) electrons. The van der Waals surface area contributed by atoms with Crippen molar-refractivity contribution in [3.05, 3.63) is 0 Å². The highest BCUT2D eigenvalue weighted by atomic mass is 32.2. The molecule has 5 heteroatoms. The van der Waals surface area contributed by atoms with Gasteiger partial charge in [0.2, 0.25) is 0 Å². The fourth-order valence-electron chi connectivity index (χ4n) is 4.33. The van der Waals surface area contributed by atoms with Gasteiger partial charge in [0.25, 0.3) is 10.1 Å². The van der Waals surface area contributed by atoms with E-state index < -0.39 is 15.8 Å². The van der Waals surface area contributed by atoms with Gasteiger partial charge in [-0.05, 0) is 62.7 Å². The van der Waals surface area contributed by atoms with E-state index >= 15 is 0 Å². The Bertz CT molecular complexity index is 370. The summed E-state index contributed by atoms with van der Waals surface area (Å²) in [7, 11) is -3.69. The Labute approximate surface area is 115 Å². The Balaban J connectivity index is 0.000000151. The summed E-state index contributed by atoms with van der Waals surface area (Å²) in [5.41, 5.74) is -0.700. The van der Waals surface area contributed by atoms with Crippen LogP contribution in [0.3, 0.4) is 0 Å². The second-order valence-electron chi connectivity index (χ2n) is 6.71. The highest BCUT2D eigenvalue weighted by Crippen LogP contribution is 2.57. The average molecular weight is 292 g/mol. The Morgan fingerprint density at radius 2 is 1.53 bits per heavy atom. The topological polar surface area (TPSA) is 54.4 Å². The number of halogens is 1. The maximum atomic E-state index is 13.9. The molecular weight excluding hydrogens is 267 g/mol. The van der Waals surface area contributed by atoms with Gasteiger partial charge < -0.3 is 0 Å². The third-order valence-electron chi connectivity index (χ3n) is 4.72. The second-order valence-corrected chi connectivity index (χ2v) is 8.28. The molecule has 4 aliphatic carbocycles. The van der Waals surface area contributed by atoms with Gasteiger partial charge in [0.15, 0.2) is 0 Å². The van der Waals surface area contributed by atoms with Gasteiger partial charge in [0, 0.05) is 0 Å². The average Bonchev–Trinajstić information content (AvgIpc) is 2.22. The van der Waals surface area contributed by atoms with Crippen molar-refractivity contribution in [2.75, 3.05) is 5.75 Å². The van der Waals surface area contributed by atoms with Crippen LogP contribution in [0.5, 0.6) is 0 Å². The Hall–Kier alpha value is -0.160. The molecule has 0 aliphatic heterocycles. The van der Waals surface area contributed by atoms with Gasteiger partial charge >= 0.3 is 0 Å². The lowest BCUT2D eigenvalue weighted by Gasteiger charge is -2.52. The minimum Gasteiger partial charge on any atom is -0.286 e. The molecule has 1 N–H and O–H groups in total. The Morgan fingerprint density at radius 1 is 1.11 bits per heavy atom. The van der Waals surface area contributed by atoms with Crippen LogP contribution in [-0.2, 0) is 10.1 Å². The summed E-state index contributed by atoms with van der Waals surface area (Å²) in [5, 5.41) is 0. The molecule has 4 bridgehead atoms. The van der Waals surface area contributed by atoms with Crippen molar-refractivity contribution in [3.63, 3.8) is 0 Å². The highest BCUT2D eigenvalue weighted by Gasteiger charge is 2.51. The van der Waals surface area contributed by atoms with E-state index in [-0.39, 0.29) is 5.75 Å². The summed E-state index contributed by atoms with van der Waals surface area (Å²) in [6.07, 6.45) is 8.09. The van der Waals surface area contributed by atoms with Crippen LogP contribution in [0.25, 0.3) is 0 Å². The monoisotopic (exact) mass is 292 g/mol. The SMILES string of the molecule is CCCCS(=O)(=O)O.FC12CC3CC(CC(C3)C1)C2. The van der Waals surface area contributed by atoms with Gasteiger partial charge in [-0.1, -0.05) is 13.3 Å². The first-order valence-electron chi connectivity index (χ1n) is 7.44. The van der Waals surface area contributed by atoms with Crippen LogP contribution in [0.1, 0.15) is 58.3 Å². The molecule has 0 atom stereocenters. The maximum absolute atomic E-state index is 13.9. The second kappa shape index (κ2) is 5.68. The maximum Gasteiger partial charge on any atom is 0.264 e. The lowest BCUT2D eigenvalue weighted by molar-refractivity contribution is -0.0727. The van der Waals surface area contributed by atoms with Crippen LogP contribution in [0.4, 0.5) is 4.39 Å². The van der Waals surface area contributed by atoms with Gasteiger partial charge in [0.05, 0.1) is 5.75 Å². The van der Waals surface area contributed by atoms with Crippen molar-refractivity contribution in [3.8, 4) is 0 Å². The molecule has 0 aromatic heterocycles. The zero-order valence-corrected chi connectivity index (χ0v) is 12.5. The van der Waals surface area contributed by atoms with E-state index in [9.17, 15) is 12.8 Å². The smallest absolute Gasteiger partial charge is 0.264 e.